The Hall–Kier alpha value is -2.95. The molecule has 138 valence electrons. The maximum atomic E-state index is 12.2. The van der Waals surface area contributed by atoms with Crippen LogP contribution >= 0.6 is 11.8 Å². The van der Waals surface area contributed by atoms with Gasteiger partial charge in [-0.3, -0.25) is 29.4 Å². The number of esters is 1. The summed E-state index contributed by atoms with van der Waals surface area (Å²) in [6, 6.07) is 3.23. The Morgan fingerprint density at radius 2 is 2.00 bits per heavy atom. The fourth-order valence-electron chi connectivity index (χ4n) is 2.16. The molecule has 0 unspecified atom stereocenters. The summed E-state index contributed by atoms with van der Waals surface area (Å²) < 4.78 is 4.79. The molecule has 0 aliphatic carbocycles. The summed E-state index contributed by atoms with van der Waals surface area (Å²) in [4.78, 5) is 58.2. The van der Waals surface area contributed by atoms with Crippen LogP contribution in [0.15, 0.2) is 18.2 Å². The van der Waals surface area contributed by atoms with Gasteiger partial charge < -0.3 is 10.1 Å². The van der Waals surface area contributed by atoms with E-state index in [0.717, 1.165) is 28.8 Å². The molecular formula is C15H15N3O7S. The van der Waals surface area contributed by atoms with E-state index in [0.29, 0.717) is 0 Å². The highest BCUT2D eigenvalue weighted by Gasteiger charge is 2.29. The molecule has 1 aromatic rings. The number of hydrogen-bond acceptors (Lipinski definition) is 8. The maximum Gasteiger partial charge on any atom is 0.338 e. The molecule has 3 amide bonds. The molecule has 1 N–H and O–H groups in total. The minimum Gasteiger partial charge on any atom is -0.462 e. The highest BCUT2D eigenvalue weighted by atomic mass is 32.2. The molecule has 1 aliphatic heterocycles. The third kappa shape index (κ3) is 4.57. The van der Waals surface area contributed by atoms with Crippen LogP contribution in [0.3, 0.4) is 0 Å². The predicted octanol–water partition coefficient (Wildman–Crippen LogP) is 1.20. The van der Waals surface area contributed by atoms with Crippen LogP contribution in [0.4, 0.5) is 10.5 Å². The molecule has 1 aromatic carbocycles. The molecule has 0 radical (unpaired) electrons. The van der Waals surface area contributed by atoms with Crippen molar-refractivity contribution in [2.75, 3.05) is 25.4 Å². The molecule has 10 nitrogen and oxygen atoms in total. The summed E-state index contributed by atoms with van der Waals surface area (Å²) >= 11 is 0.882. The van der Waals surface area contributed by atoms with Crippen LogP contribution in [0, 0.1) is 10.1 Å². The van der Waals surface area contributed by atoms with E-state index in [4.69, 9.17) is 4.74 Å². The molecule has 1 saturated heterocycles. The van der Waals surface area contributed by atoms with Gasteiger partial charge >= 0.3 is 5.97 Å². The number of nitro groups is 1. The van der Waals surface area contributed by atoms with Gasteiger partial charge in [0.15, 0.2) is 0 Å². The predicted molar refractivity (Wildman–Crippen MR) is 91.0 cm³/mol. The highest BCUT2D eigenvalue weighted by molar-refractivity contribution is 8.14. The first-order chi connectivity index (χ1) is 12.3. The number of carbonyl (C=O) groups excluding carboxylic acids is 4. The Balaban J connectivity index is 2.09. The van der Waals surface area contributed by atoms with Crippen LogP contribution in [0.1, 0.15) is 27.6 Å². The first kappa shape index (κ1) is 19.4. The van der Waals surface area contributed by atoms with Crippen LogP contribution < -0.4 is 5.32 Å². The molecule has 11 heteroatoms. The van der Waals surface area contributed by atoms with Gasteiger partial charge in [-0.05, 0) is 13.0 Å². The van der Waals surface area contributed by atoms with E-state index in [-0.39, 0.29) is 47.7 Å². The summed E-state index contributed by atoms with van der Waals surface area (Å²) in [5, 5.41) is 13.1. The second-order valence-electron chi connectivity index (χ2n) is 5.10. The number of rotatable bonds is 7. The van der Waals surface area contributed by atoms with E-state index < -0.39 is 22.5 Å². The molecule has 1 heterocycles. The third-order valence-electron chi connectivity index (χ3n) is 3.36. The van der Waals surface area contributed by atoms with E-state index in [1.807, 2.05) is 0 Å². The van der Waals surface area contributed by atoms with Crippen molar-refractivity contribution in [3.63, 3.8) is 0 Å². The van der Waals surface area contributed by atoms with E-state index >= 15 is 0 Å². The second kappa shape index (κ2) is 8.43. The maximum absolute atomic E-state index is 12.2. The van der Waals surface area contributed by atoms with Gasteiger partial charge in [0, 0.05) is 30.8 Å². The van der Waals surface area contributed by atoms with Crippen LogP contribution in [0.25, 0.3) is 0 Å². The highest BCUT2D eigenvalue weighted by Crippen LogP contribution is 2.19. The van der Waals surface area contributed by atoms with E-state index in [1.54, 1.807) is 6.92 Å². The van der Waals surface area contributed by atoms with Gasteiger partial charge in [0.2, 0.25) is 5.91 Å². The molecule has 1 fully saturated rings. The van der Waals surface area contributed by atoms with Crippen molar-refractivity contribution < 1.29 is 28.8 Å². The Morgan fingerprint density at radius 1 is 1.31 bits per heavy atom. The first-order valence-corrected chi connectivity index (χ1v) is 8.54. The fraction of sp³-hybridized carbons (Fsp3) is 0.333. The molecule has 0 bridgehead atoms. The zero-order chi connectivity index (χ0) is 19.3. The normalized spacial score (nSPS) is 13.7. The van der Waals surface area contributed by atoms with Gasteiger partial charge in [-0.25, -0.2) is 4.79 Å². The third-order valence-corrected chi connectivity index (χ3v) is 4.22. The number of thioether (sulfide) groups is 1. The molecule has 1 aliphatic rings. The SMILES string of the molecule is CCOC(=O)c1cc(C(=O)NCCN2C(=O)CSC2=O)cc([N+](=O)[O-])c1. The fourth-order valence-corrected chi connectivity index (χ4v) is 2.91. The van der Waals surface area contributed by atoms with Crippen LogP contribution in [-0.2, 0) is 9.53 Å². The van der Waals surface area contributed by atoms with Gasteiger partial charge in [0.1, 0.15) is 0 Å². The Bertz CT molecular complexity index is 765. The van der Waals surface area contributed by atoms with Gasteiger partial charge in [0.25, 0.3) is 16.8 Å². The zero-order valence-electron chi connectivity index (χ0n) is 13.7. The monoisotopic (exact) mass is 381 g/mol. The Labute approximate surface area is 152 Å². The van der Waals surface area contributed by atoms with Crippen molar-refractivity contribution in [2.24, 2.45) is 0 Å². The summed E-state index contributed by atoms with van der Waals surface area (Å²) in [6.45, 7) is 1.64. The summed E-state index contributed by atoms with van der Waals surface area (Å²) in [5.41, 5.74) is -0.648. The van der Waals surface area contributed by atoms with Crippen molar-refractivity contribution in [1.82, 2.24) is 10.2 Å². The molecule has 0 atom stereocenters. The average Bonchev–Trinajstić information content (AvgIpc) is 2.93. The molecular weight excluding hydrogens is 366 g/mol. The number of nitrogens with one attached hydrogen (secondary N) is 1. The summed E-state index contributed by atoms with van der Waals surface area (Å²) in [7, 11) is 0. The van der Waals surface area contributed by atoms with Crippen molar-refractivity contribution >= 4 is 40.5 Å². The van der Waals surface area contributed by atoms with Gasteiger partial charge in [-0.1, -0.05) is 11.8 Å². The Kier molecular flexibility index (Phi) is 6.28. The lowest BCUT2D eigenvalue weighted by Gasteiger charge is -2.13. The van der Waals surface area contributed by atoms with Gasteiger partial charge in [-0.2, -0.15) is 0 Å². The molecule has 0 saturated carbocycles. The number of carbonyl (C=O) groups is 4. The van der Waals surface area contributed by atoms with Crippen molar-refractivity contribution in [3.8, 4) is 0 Å². The number of ether oxygens (including phenoxy) is 1. The Morgan fingerprint density at radius 3 is 2.58 bits per heavy atom. The number of nitro benzene ring substituents is 1. The summed E-state index contributed by atoms with van der Waals surface area (Å²) in [5.74, 6) is -1.73. The number of benzene rings is 1. The summed E-state index contributed by atoms with van der Waals surface area (Å²) in [6.07, 6.45) is 0. The molecule has 0 aromatic heterocycles. The van der Waals surface area contributed by atoms with Crippen molar-refractivity contribution in [3.05, 3.63) is 39.4 Å². The topological polar surface area (TPSA) is 136 Å². The van der Waals surface area contributed by atoms with Crippen LogP contribution in [-0.4, -0.2) is 58.3 Å². The van der Waals surface area contributed by atoms with Crippen LogP contribution in [0.5, 0.6) is 0 Å². The molecule has 2 rings (SSSR count). The lowest BCUT2D eigenvalue weighted by Crippen LogP contribution is -2.37. The zero-order valence-corrected chi connectivity index (χ0v) is 14.5. The number of imide groups is 1. The quantitative estimate of drug-likeness (QED) is 0.423. The van der Waals surface area contributed by atoms with E-state index in [9.17, 15) is 29.3 Å². The van der Waals surface area contributed by atoms with Crippen LogP contribution in [0.2, 0.25) is 0 Å². The first-order valence-electron chi connectivity index (χ1n) is 7.55. The minimum absolute atomic E-state index is 0.00390. The number of hydrogen-bond donors (Lipinski definition) is 1. The second-order valence-corrected chi connectivity index (χ2v) is 6.03. The minimum atomic E-state index is -0.782. The number of nitrogens with zero attached hydrogens (tertiary/aromatic N) is 2. The van der Waals surface area contributed by atoms with E-state index in [1.165, 1.54) is 6.07 Å². The van der Waals surface area contributed by atoms with Crippen molar-refractivity contribution in [2.45, 2.75) is 6.92 Å². The van der Waals surface area contributed by atoms with Crippen molar-refractivity contribution in [1.29, 1.82) is 0 Å². The standard InChI is InChI=1S/C15H15N3O7S/c1-2-25-14(21)10-5-9(6-11(7-10)18(23)24)13(20)16-3-4-17-12(19)8-26-15(17)22/h5-7H,2-4,8H2,1H3,(H,16,20). The lowest BCUT2D eigenvalue weighted by molar-refractivity contribution is -0.384. The molecule has 26 heavy (non-hydrogen) atoms. The largest absolute Gasteiger partial charge is 0.462 e. The average molecular weight is 381 g/mol. The number of amides is 3. The number of non-ortho nitro benzene ring substituents is 1. The van der Waals surface area contributed by atoms with Gasteiger partial charge in [-0.15, -0.1) is 0 Å². The smallest absolute Gasteiger partial charge is 0.338 e. The van der Waals surface area contributed by atoms with Gasteiger partial charge in [0.05, 0.1) is 22.8 Å². The lowest BCUT2D eigenvalue weighted by atomic mass is 10.1. The molecule has 0 spiro atoms. The van der Waals surface area contributed by atoms with E-state index in [2.05, 4.69) is 5.32 Å².